The Balaban J connectivity index is 1.79. The lowest BCUT2D eigenvalue weighted by Crippen LogP contribution is -2.21. The summed E-state index contributed by atoms with van der Waals surface area (Å²) < 4.78 is 7.46. The second kappa shape index (κ2) is 6.65. The fraction of sp³-hybridized carbons (Fsp3) is 0.0952. The number of anilines is 1. The molecule has 0 aliphatic carbocycles. The van der Waals surface area contributed by atoms with Crippen molar-refractivity contribution in [3.8, 4) is 11.4 Å². The van der Waals surface area contributed by atoms with Crippen molar-refractivity contribution in [2.75, 3.05) is 11.9 Å². The summed E-state index contributed by atoms with van der Waals surface area (Å²) in [6, 6.07) is 19.3. The van der Waals surface area contributed by atoms with E-state index in [0.717, 1.165) is 27.9 Å². The Bertz CT molecular complexity index is 1280. The van der Waals surface area contributed by atoms with Crippen LogP contribution in [0.15, 0.2) is 71.3 Å². The molecule has 0 fully saturated rings. The van der Waals surface area contributed by atoms with Crippen LogP contribution in [0.25, 0.3) is 27.9 Å². The lowest BCUT2D eigenvalue weighted by Gasteiger charge is -2.19. The summed E-state index contributed by atoms with van der Waals surface area (Å²) in [5.74, 6) is 2.21. The number of hydrogen-bond acceptors (Lipinski definition) is 5. The topological polar surface area (TPSA) is 59.5 Å². The molecule has 0 saturated carbocycles. The van der Waals surface area contributed by atoms with Crippen molar-refractivity contribution >= 4 is 34.1 Å². The van der Waals surface area contributed by atoms with E-state index in [1.807, 2.05) is 77.0 Å². The van der Waals surface area contributed by atoms with E-state index in [4.69, 9.17) is 21.0 Å². The first kappa shape index (κ1) is 16.8. The summed E-state index contributed by atoms with van der Waals surface area (Å²) in [5.41, 5.74) is 2.40. The molecular formula is C21H16ClN5O. The maximum absolute atomic E-state index is 6.45. The van der Waals surface area contributed by atoms with Gasteiger partial charge in [-0.3, -0.25) is 0 Å². The van der Waals surface area contributed by atoms with Crippen molar-refractivity contribution in [3.05, 3.63) is 77.7 Å². The Morgan fingerprint density at radius 3 is 2.64 bits per heavy atom. The Labute approximate surface area is 166 Å². The zero-order valence-corrected chi connectivity index (χ0v) is 15.8. The Morgan fingerprint density at radius 2 is 1.82 bits per heavy atom. The van der Waals surface area contributed by atoms with E-state index < -0.39 is 0 Å². The molecule has 0 bridgehead atoms. The predicted molar refractivity (Wildman–Crippen MR) is 110 cm³/mol. The van der Waals surface area contributed by atoms with Gasteiger partial charge in [0.25, 0.3) is 0 Å². The molecule has 0 saturated heterocycles. The molecule has 0 amide bonds. The second-order valence-electron chi connectivity index (χ2n) is 6.53. The zero-order chi connectivity index (χ0) is 19.1. The first-order valence-corrected chi connectivity index (χ1v) is 9.22. The van der Waals surface area contributed by atoms with Gasteiger partial charge in [-0.15, -0.1) is 10.2 Å². The first-order valence-electron chi connectivity index (χ1n) is 8.84. The van der Waals surface area contributed by atoms with Crippen molar-refractivity contribution in [1.82, 2.24) is 19.6 Å². The lowest BCUT2D eigenvalue weighted by atomic mass is 10.2. The Morgan fingerprint density at radius 1 is 1.00 bits per heavy atom. The molecule has 7 heteroatoms. The van der Waals surface area contributed by atoms with Crippen LogP contribution in [0.4, 0.5) is 5.95 Å². The van der Waals surface area contributed by atoms with Gasteiger partial charge in [0, 0.05) is 18.0 Å². The summed E-state index contributed by atoms with van der Waals surface area (Å²) in [5, 5.41) is 10.5. The molecule has 138 valence electrons. The van der Waals surface area contributed by atoms with Gasteiger partial charge in [-0.05, 0) is 36.4 Å². The van der Waals surface area contributed by atoms with Gasteiger partial charge in [0.1, 0.15) is 5.76 Å². The molecule has 0 aliphatic heterocycles. The molecule has 0 radical (unpaired) electrons. The van der Waals surface area contributed by atoms with Crippen LogP contribution in [0, 0.1) is 0 Å². The third kappa shape index (κ3) is 2.70. The minimum Gasteiger partial charge on any atom is -0.467 e. The van der Waals surface area contributed by atoms with E-state index in [2.05, 4.69) is 10.2 Å². The molecule has 2 aromatic carbocycles. The summed E-state index contributed by atoms with van der Waals surface area (Å²) >= 11 is 6.45. The molecule has 0 atom stereocenters. The van der Waals surface area contributed by atoms with Crippen LogP contribution in [0.5, 0.6) is 0 Å². The van der Waals surface area contributed by atoms with Crippen molar-refractivity contribution in [2.24, 2.45) is 0 Å². The Kier molecular flexibility index (Phi) is 3.98. The number of benzene rings is 2. The maximum atomic E-state index is 6.45. The summed E-state index contributed by atoms with van der Waals surface area (Å²) in [7, 11) is 1.97. The highest BCUT2D eigenvalue weighted by molar-refractivity contribution is 6.33. The molecule has 5 rings (SSSR count). The SMILES string of the molecule is CN(Cc1ccco1)c1nc2ccccc2c2nnc(-c3ccccc3Cl)n12. The summed E-state index contributed by atoms with van der Waals surface area (Å²) in [6.45, 7) is 0.563. The van der Waals surface area contributed by atoms with Gasteiger partial charge in [0.2, 0.25) is 5.95 Å². The number of hydrogen-bond donors (Lipinski definition) is 0. The number of halogens is 1. The minimum absolute atomic E-state index is 0.563. The largest absolute Gasteiger partial charge is 0.467 e. The predicted octanol–water partition coefficient (Wildman–Crippen LogP) is 4.83. The molecule has 3 heterocycles. The van der Waals surface area contributed by atoms with E-state index in [1.54, 1.807) is 6.26 Å². The smallest absolute Gasteiger partial charge is 0.213 e. The van der Waals surface area contributed by atoms with Crippen molar-refractivity contribution in [1.29, 1.82) is 0 Å². The molecule has 5 aromatic rings. The van der Waals surface area contributed by atoms with Gasteiger partial charge in [-0.2, -0.15) is 0 Å². The molecule has 6 nitrogen and oxygen atoms in total. The third-order valence-electron chi connectivity index (χ3n) is 4.66. The number of fused-ring (bicyclic) bond motifs is 3. The maximum Gasteiger partial charge on any atom is 0.213 e. The molecule has 0 spiro atoms. The number of nitrogens with zero attached hydrogens (tertiary/aromatic N) is 5. The van der Waals surface area contributed by atoms with E-state index in [9.17, 15) is 0 Å². The van der Waals surface area contributed by atoms with Crippen LogP contribution in [-0.2, 0) is 6.54 Å². The number of furan rings is 1. The van der Waals surface area contributed by atoms with E-state index in [-0.39, 0.29) is 0 Å². The van der Waals surface area contributed by atoms with Crippen LogP contribution in [0.3, 0.4) is 0 Å². The van der Waals surface area contributed by atoms with Crippen LogP contribution in [-0.4, -0.2) is 26.6 Å². The molecular weight excluding hydrogens is 374 g/mol. The Hall–Kier alpha value is -3.38. The van der Waals surface area contributed by atoms with Crippen LogP contribution < -0.4 is 4.90 Å². The normalized spacial score (nSPS) is 11.4. The van der Waals surface area contributed by atoms with Crippen molar-refractivity contribution in [2.45, 2.75) is 6.54 Å². The minimum atomic E-state index is 0.563. The second-order valence-corrected chi connectivity index (χ2v) is 6.93. The standard InChI is InChI=1S/C21H16ClN5O/c1-26(13-14-7-6-12-28-14)21-23-18-11-5-3-9-16(18)20-25-24-19(27(20)21)15-8-2-4-10-17(15)22/h2-12H,13H2,1H3. The highest BCUT2D eigenvalue weighted by Gasteiger charge is 2.20. The molecule has 28 heavy (non-hydrogen) atoms. The van der Waals surface area contributed by atoms with Crippen LogP contribution >= 0.6 is 11.6 Å². The van der Waals surface area contributed by atoms with Crippen LogP contribution in [0.2, 0.25) is 5.02 Å². The van der Waals surface area contributed by atoms with Crippen molar-refractivity contribution < 1.29 is 4.42 Å². The van der Waals surface area contributed by atoms with Gasteiger partial charge in [0.15, 0.2) is 11.5 Å². The third-order valence-corrected chi connectivity index (χ3v) is 4.99. The monoisotopic (exact) mass is 389 g/mol. The number of rotatable bonds is 4. The summed E-state index contributed by atoms with van der Waals surface area (Å²) in [4.78, 5) is 6.91. The first-order chi connectivity index (χ1) is 13.7. The van der Waals surface area contributed by atoms with Crippen LogP contribution in [0.1, 0.15) is 5.76 Å². The van der Waals surface area contributed by atoms with Crippen molar-refractivity contribution in [3.63, 3.8) is 0 Å². The zero-order valence-electron chi connectivity index (χ0n) is 15.1. The highest BCUT2D eigenvalue weighted by Crippen LogP contribution is 2.31. The molecule has 0 unspecified atom stereocenters. The van der Waals surface area contributed by atoms with E-state index >= 15 is 0 Å². The fourth-order valence-corrected chi connectivity index (χ4v) is 3.57. The van der Waals surface area contributed by atoms with Gasteiger partial charge in [0.05, 0.1) is 23.3 Å². The van der Waals surface area contributed by atoms with Gasteiger partial charge in [-0.1, -0.05) is 35.9 Å². The number of para-hydroxylation sites is 1. The van der Waals surface area contributed by atoms with Gasteiger partial charge < -0.3 is 9.32 Å². The molecule has 0 aliphatic rings. The highest BCUT2D eigenvalue weighted by atomic mass is 35.5. The van der Waals surface area contributed by atoms with Gasteiger partial charge in [-0.25, -0.2) is 9.38 Å². The van der Waals surface area contributed by atoms with Gasteiger partial charge >= 0.3 is 0 Å². The average Bonchev–Trinajstić information content (AvgIpc) is 3.38. The number of aromatic nitrogens is 4. The fourth-order valence-electron chi connectivity index (χ4n) is 3.35. The van der Waals surface area contributed by atoms with E-state index in [0.29, 0.717) is 23.3 Å². The lowest BCUT2D eigenvalue weighted by molar-refractivity contribution is 0.506. The molecule has 0 N–H and O–H groups in total. The molecule has 3 aromatic heterocycles. The van der Waals surface area contributed by atoms with E-state index in [1.165, 1.54) is 0 Å². The average molecular weight is 390 g/mol. The summed E-state index contributed by atoms with van der Waals surface area (Å²) in [6.07, 6.45) is 1.67. The quantitative estimate of drug-likeness (QED) is 0.440.